The largest absolute Gasteiger partial charge is 0.469 e. The molecule has 0 bridgehead atoms. The van der Waals surface area contributed by atoms with Crippen molar-refractivity contribution in [1.29, 1.82) is 0 Å². The molecule has 27 heavy (non-hydrogen) atoms. The van der Waals surface area contributed by atoms with Crippen molar-refractivity contribution in [2.75, 3.05) is 13.3 Å². The first-order chi connectivity index (χ1) is 12.9. The quantitative estimate of drug-likeness (QED) is 0.528. The molecule has 0 fully saturated rings. The molecule has 0 heterocycles. The third-order valence-corrected chi connectivity index (χ3v) is 5.95. The van der Waals surface area contributed by atoms with Crippen molar-refractivity contribution in [3.05, 3.63) is 71.8 Å². The Morgan fingerprint density at radius 3 is 2.26 bits per heavy atom. The van der Waals surface area contributed by atoms with E-state index in [2.05, 4.69) is 10.1 Å². The van der Waals surface area contributed by atoms with Gasteiger partial charge < -0.3 is 19.7 Å². The molecule has 0 aliphatic carbocycles. The van der Waals surface area contributed by atoms with Crippen LogP contribution in [0.1, 0.15) is 23.3 Å². The predicted molar refractivity (Wildman–Crippen MR) is 100 cm³/mol. The van der Waals surface area contributed by atoms with E-state index in [0.717, 1.165) is 5.56 Å². The van der Waals surface area contributed by atoms with Crippen molar-refractivity contribution in [2.24, 2.45) is 0 Å². The highest BCUT2D eigenvalue weighted by molar-refractivity contribution is 7.58. The average molecular weight is 391 g/mol. The number of rotatable bonds is 8. The summed E-state index contributed by atoms with van der Waals surface area (Å²) in [6.45, 7) is 0.0338. The lowest BCUT2D eigenvalue weighted by molar-refractivity contribution is -0.140. The van der Waals surface area contributed by atoms with Gasteiger partial charge >= 0.3 is 12.1 Å². The summed E-state index contributed by atoms with van der Waals surface area (Å²) in [4.78, 5) is 34.0. The van der Waals surface area contributed by atoms with Crippen molar-refractivity contribution >= 4 is 19.4 Å². The minimum atomic E-state index is -3.95. The lowest BCUT2D eigenvalue weighted by atomic mass is 10.2. The fraction of sp³-hybridized carbons (Fsp3) is 0.263. The second kappa shape index (κ2) is 9.90. The van der Waals surface area contributed by atoms with Crippen molar-refractivity contribution < 1.29 is 28.5 Å². The Bertz CT molecular complexity index is 796. The molecule has 0 aromatic heterocycles. The van der Waals surface area contributed by atoms with Crippen LogP contribution in [0.3, 0.4) is 0 Å². The minimum absolute atomic E-state index is 0.0338. The number of hydrogen-bond acceptors (Lipinski definition) is 5. The zero-order valence-electron chi connectivity index (χ0n) is 14.9. The number of methoxy groups -OCH3 is 1. The number of amides is 1. The van der Waals surface area contributed by atoms with E-state index in [-0.39, 0.29) is 19.2 Å². The maximum absolute atomic E-state index is 12.8. The number of alkyl carbamates (subject to hydrolysis) is 1. The summed E-state index contributed by atoms with van der Waals surface area (Å²) >= 11 is 0. The number of hydrogen-bond donors (Lipinski definition) is 2. The molecule has 0 saturated heterocycles. The van der Waals surface area contributed by atoms with Gasteiger partial charge in [0.25, 0.3) is 0 Å². The Labute approximate surface area is 157 Å². The van der Waals surface area contributed by atoms with E-state index in [1.807, 2.05) is 18.2 Å². The number of nitrogens with one attached hydrogen (secondary N) is 1. The molecule has 0 aliphatic heterocycles. The van der Waals surface area contributed by atoms with E-state index in [9.17, 15) is 19.0 Å². The number of esters is 1. The van der Waals surface area contributed by atoms with Crippen LogP contribution >= 0.6 is 7.37 Å². The van der Waals surface area contributed by atoms with Gasteiger partial charge in [0.1, 0.15) is 12.4 Å². The van der Waals surface area contributed by atoms with Gasteiger partial charge in [0, 0.05) is 6.16 Å². The summed E-state index contributed by atoms with van der Waals surface area (Å²) in [5.41, 5.74) is 1.24. The molecule has 2 rings (SSSR count). The molecular weight excluding hydrogens is 369 g/mol. The first-order valence-electron chi connectivity index (χ1n) is 8.33. The highest BCUT2D eigenvalue weighted by atomic mass is 31.2. The van der Waals surface area contributed by atoms with E-state index in [1.165, 1.54) is 7.11 Å². The molecule has 0 spiro atoms. The minimum Gasteiger partial charge on any atom is -0.469 e. The van der Waals surface area contributed by atoms with Gasteiger partial charge in [0.15, 0.2) is 0 Å². The van der Waals surface area contributed by atoms with Gasteiger partial charge in [-0.2, -0.15) is 0 Å². The van der Waals surface area contributed by atoms with Crippen LogP contribution in [0, 0.1) is 0 Å². The zero-order chi connectivity index (χ0) is 19.7. The molecule has 0 aliphatic rings. The molecule has 1 amide bonds. The van der Waals surface area contributed by atoms with Crippen LogP contribution in [0.15, 0.2) is 60.7 Å². The Kier molecular flexibility index (Phi) is 7.58. The third kappa shape index (κ3) is 6.55. The first kappa shape index (κ1) is 20.7. The maximum atomic E-state index is 12.8. The fourth-order valence-electron chi connectivity index (χ4n) is 2.41. The molecule has 1 unspecified atom stereocenters. The van der Waals surface area contributed by atoms with Crippen LogP contribution < -0.4 is 5.32 Å². The second-order valence-corrected chi connectivity index (χ2v) is 8.30. The number of benzene rings is 2. The Balaban J connectivity index is 2.09. The fourth-order valence-corrected chi connectivity index (χ4v) is 4.12. The molecule has 8 heteroatoms. The van der Waals surface area contributed by atoms with Crippen molar-refractivity contribution in [3.63, 3.8) is 0 Å². The van der Waals surface area contributed by atoms with E-state index < -0.39 is 25.2 Å². The summed E-state index contributed by atoms with van der Waals surface area (Å²) in [6, 6.07) is 17.5. The van der Waals surface area contributed by atoms with E-state index in [0.29, 0.717) is 5.56 Å². The zero-order valence-corrected chi connectivity index (χ0v) is 15.8. The summed E-state index contributed by atoms with van der Waals surface area (Å²) < 4.78 is 22.5. The maximum Gasteiger partial charge on any atom is 0.408 e. The standard InChI is InChI=1S/C19H22NO6P/c1-25-17(21)12-13-27(23,24)18(16-10-6-3-7-11-16)20-19(22)26-14-15-8-4-2-5-9-15/h2-11,18H,12-14H2,1H3,(H,20,22)(H,23,24)/t18-/m1/s1. The van der Waals surface area contributed by atoms with Gasteiger partial charge in [0.2, 0.25) is 7.37 Å². The summed E-state index contributed by atoms with van der Waals surface area (Å²) in [5.74, 6) is -1.78. The SMILES string of the molecule is COC(=O)CCP(=O)(O)[C@@H](NC(=O)OCc1ccccc1)c1ccccc1. The molecule has 7 nitrogen and oxygen atoms in total. The normalized spacial score (nSPS) is 13.9. The molecular formula is C19H22NO6P. The van der Waals surface area contributed by atoms with Crippen LogP contribution in [0.4, 0.5) is 4.79 Å². The molecule has 2 N–H and O–H groups in total. The van der Waals surface area contributed by atoms with Crippen LogP contribution in [-0.2, 0) is 25.4 Å². The van der Waals surface area contributed by atoms with E-state index >= 15 is 0 Å². The smallest absolute Gasteiger partial charge is 0.408 e. The summed E-state index contributed by atoms with van der Waals surface area (Å²) in [5, 5.41) is 2.46. The molecule has 0 radical (unpaired) electrons. The van der Waals surface area contributed by atoms with Gasteiger partial charge in [-0.1, -0.05) is 60.7 Å². The second-order valence-electron chi connectivity index (χ2n) is 5.82. The first-order valence-corrected chi connectivity index (χ1v) is 10.2. The van der Waals surface area contributed by atoms with Gasteiger partial charge in [-0.25, -0.2) is 4.79 Å². The van der Waals surface area contributed by atoms with Crippen LogP contribution in [0.25, 0.3) is 0 Å². The Morgan fingerprint density at radius 2 is 1.67 bits per heavy atom. The van der Waals surface area contributed by atoms with Crippen LogP contribution in [0.2, 0.25) is 0 Å². The molecule has 2 aromatic carbocycles. The van der Waals surface area contributed by atoms with Gasteiger partial charge in [-0.15, -0.1) is 0 Å². The lowest BCUT2D eigenvalue weighted by Crippen LogP contribution is -2.30. The Morgan fingerprint density at radius 1 is 1.07 bits per heavy atom. The lowest BCUT2D eigenvalue weighted by Gasteiger charge is -2.24. The van der Waals surface area contributed by atoms with Crippen molar-refractivity contribution in [2.45, 2.75) is 18.8 Å². The highest BCUT2D eigenvalue weighted by Crippen LogP contribution is 2.54. The van der Waals surface area contributed by atoms with E-state index in [4.69, 9.17) is 4.74 Å². The molecule has 144 valence electrons. The number of carbonyl (C=O) groups excluding carboxylic acids is 2. The van der Waals surface area contributed by atoms with Crippen LogP contribution in [0.5, 0.6) is 0 Å². The number of carbonyl (C=O) groups is 2. The van der Waals surface area contributed by atoms with Crippen molar-refractivity contribution in [3.8, 4) is 0 Å². The summed E-state index contributed by atoms with van der Waals surface area (Å²) in [6.07, 6.45) is -1.37. The highest BCUT2D eigenvalue weighted by Gasteiger charge is 2.34. The molecule has 2 aromatic rings. The van der Waals surface area contributed by atoms with Gasteiger partial charge in [-0.3, -0.25) is 9.36 Å². The summed E-state index contributed by atoms with van der Waals surface area (Å²) in [7, 11) is -2.75. The Hall–Kier alpha value is -2.63. The third-order valence-electron chi connectivity index (χ3n) is 3.85. The van der Waals surface area contributed by atoms with Gasteiger partial charge in [0.05, 0.1) is 13.5 Å². The molecule has 0 saturated carbocycles. The average Bonchev–Trinajstić information content (AvgIpc) is 2.70. The monoisotopic (exact) mass is 391 g/mol. The van der Waals surface area contributed by atoms with Crippen molar-refractivity contribution in [1.82, 2.24) is 5.32 Å². The van der Waals surface area contributed by atoms with Crippen LogP contribution in [-0.4, -0.2) is 30.2 Å². The molecule has 2 atom stereocenters. The van der Waals surface area contributed by atoms with Gasteiger partial charge in [-0.05, 0) is 11.1 Å². The van der Waals surface area contributed by atoms with E-state index in [1.54, 1.807) is 42.5 Å². The topological polar surface area (TPSA) is 102 Å². The number of ether oxygens (including phenoxy) is 2. The predicted octanol–water partition coefficient (Wildman–Crippen LogP) is 3.45.